The van der Waals surface area contributed by atoms with Gasteiger partial charge in [-0.1, -0.05) is 0 Å². The van der Waals surface area contributed by atoms with Gasteiger partial charge in [0, 0.05) is 0 Å². The third-order valence-corrected chi connectivity index (χ3v) is 4.00. The number of aromatic nitrogens is 4. The molecule has 0 aliphatic rings. The molecule has 1 N–H and O–H groups in total. The molecule has 2 rings (SSSR count). The summed E-state index contributed by atoms with van der Waals surface area (Å²) >= 11 is -2.45. The normalized spacial score (nSPS) is 11.9. The molecule has 2 aromatic rings. The zero-order valence-electron chi connectivity index (χ0n) is 8.81. The number of aromatic amines is 1. The summed E-state index contributed by atoms with van der Waals surface area (Å²) < 4.78 is 7.31. The van der Waals surface area contributed by atoms with Crippen molar-refractivity contribution in [3.8, 4) is 5.88 Å². The van der Waals surface area contributed by atoms with Crippen LogP contribution >= 0.6 is 0 Å². The summed E-state index contributed by atoms with van der Waals surface area (Å²) in [6.07, 6.45) is 1.39. The van der Waals surface area contributed by atoms with Crippen molar-refractivity contribution in [1.29, 1.82) is 0 Å². The van der Waals surface area contributed by atoms with Gasteiger partial charge in [0.2, 0.25) is 0 Å². The minimum atomic E-state index is -2.45. The van der Waals surface area contributed by atoms with Gasteiger partial charge in [-0.2, -0.15) is 0 Å². The molecule has 0 saturated heterocycles. The second-order valence-electron chi connectivity index (χ2n) is 4.18. The summed E-state index contributed by atoms with van der Waals surface area (Å²) in [5.41, 5.74) is -0.221. The van der Waals surface area contributed by atoms with Crippen LogP contribution in [0, 0.1) is 0 Å². The van der Waals surface area contributed by atoms with E-state index in [0.29, 0.717) is 11.7 Å². The third-order valence-electron chi connectivity index (χ3n) is 1.66. The fourth-order valence-electron chi connectivity index (χ4n) is 1.19. The molecule has 0 radical (unpaired) electrons. The molecule has 0 fully saturated rings. The Kier molecular flexibility index (Phi) is 2.45. The first-order valence-corrected chi connectivity index (χ1v) is 14.3. The van der Waals surface area contributed by atoms with E-state index in [1.807, 2.05) is 0 Å². The summed E-state index contributed by atoms with van der Waals surface area (Å²) in [5.74, 6) is 0.891. The molecule has 7 heteroatoms. The zero-order chi connectivity index (χ0) is 11.1. The Labute approximate surface area is 90.7 Å². The van der Waals surface area contributed by atoms with E-state index in [1.165, 1.54) is 16.9 Å². The molecular formula is C8H12N4O2Sn. The summed E-state index contributed by atoms with van der Waals surface area (Å²) in [7, 11) is 0. The molecule has 0 bridgehead atoms. The van der Waals surface area contributed by atoms with E-state index in [-0.39, 0.29) is 5.56 Å². The van der Waals surface area contributed by atoms with E-state index in [9.17, 15) is 4.79 Å². The molecule has 0 aliphatic carbocycles. The Morgan fingerprint density at radius 2 is 2.20 bits per heavy atom. The van der Waals surface area contributed by atoms with Crippen molar-refractivity contribution in [3.63, 3.8) is 0 Å². The van der Waals surface area contributed by atoms with Crippen molar-refractivity contribution in [2.24, 2.45) is 0 Å². The molecule has 15 heavy (non-hydrogen) atoms. The summed E-state index contributed by atoms with van der Waals surface area (Å²) in [4.78, 5) is 24.1. The van der Waals surface area contributed by atoms with Gasteiger partial charge in [0.15, 0.2) is 0 Å². The number of hydrogen-bond acceptors (Lipinski definition) is 4. The molecule has 0 atom stereocenters. The van der Waals surface area contributed by atoms with E-state index in [2.05, 4.69) is 29.9 Å². The Balaban J connectivity index is 2.58. The van der Waals surface area contributed by atoms with Crippen LogP contribution in [0.4, 0.5) is 0 Å². The molecule has 80 valence electrons. The number of H-pyrrole nitrogens is 1. The standard InChI is InChI=1S/C5H4N4O2.3CH3.Sn/c10-3-1-4(11)9-5(8-3)6-2-7-9;;;;/h1-2,11H,(H,6,7,8,10);3*1H3;/q;;;;+1/p-1. The maximum atomic E-state index is 11.3. The van der Waals surface area contributed by atoms with Gasteiger partial charge in [0.05, 0.1) is 0 Å². The predicted molar refractivity (Wildman–Crippen MR) is 57.6 cm³/mol. The van der Waals surface area contributed by atoms with Gasteiger partial charge >= 0.3 is 90.7 Å². The number of nitrogens with one attached hydrogen (secondary N) is 1. The van der Waals surface area contributed by atoms with Crippen molar-refractivity contribution in [3.05, 3.63) is 22.7 Å². The number of fused-ring (bicyclic) bond motifs is 1. The summed E-state index contributed by atoms with van der Waals surface area (Å²) in [6.45, 7) is 0. The van der Waals surface area contributed by atoms with Crippen molar-refractivity contribution in [2.45, 2.75) is 14.8 Å². The molecule has 6 nitrogen and oxygen atoms in total. The average Bonchev–Trinajstić information content (AvgIpc) is 2.48. The van der Waals surface area contributed by atoms with E-state index in [0.717, 1.165) is 0 Å². The molecule has 2 heterocycles. The second kappa shape index (κ2) is 3.51. The van der Waals surface area contributed by atoms with Crippen molar-refractivity contribution < 1.29 is 3.07 Å². The topological polar surface area (TPSA) is 72.3 Å². The Bertz CT molecular complexity index is 539. The molecule has 0 aliphatic heterocycles. The van der Waals surface area contributed by atoms with E-state index >= 15 is 0 Å². The van der Waals surface area contributed by atoms with Gasteiger partial charge in [0.1, 0.15) is 0 Å². The fraction of sp³-hybridized carbons (Fsp3) is 0.375. The quantitative estimate of drug-likeness (QED) is 0.825. The van der Waals surface area contributed by atoms with Crippen LogP contribution in [0.3, 0.4) is 0 Å². The van der Waals surface area contributed by atoms with Crippen LogP contribution in [-0.4, -0.2) is 38.4 Å². The van der Waals surface area contributed by atoms with Crippen LogP contribution in [0.25, 0.3) is 5.78 Å². The maximum absolute atomic E-state index is 11.3. The molecule has 0 unspecified atom stereocenters. The van der Waals surface area contributed by atoms with E-state index < -0.39 is 18.8 Å². The number of rotatable bonds is 2. The van der Waals surface area contributed by atoms with Crippen LogP contribution in [0.2, 0.25) is 14.8 Å². The predicted octanol–water partition coefficient (Wildman–Crippen LogP) is 0.631. The zero-order valence-corrected chi connectivity index (χ0v) is 11.7. The summed E-state index contributed by atoms with van der Waals surface area (Å²) in [6, 6.07) is 1.41. The second-order valence-corrected chi connectivity index (χ2v) is 16.8. The monoisotopic (exact) mass is 316 g/mol. The van der Waals surface area contributed by atoms with Gasteiger partial charge in [-0.15, -0.1) is 0 Å². The van der Waals surface area contributed by atoms with E-state index in [4.69, 9.17) is 3.07 Å². The first-order chi connectivity index (χ1) is 6.96. The van der Waals surface area contributed by atoms with Gasteiger partial charge in [0.25, 0.3) is 0 Å². The first kappa shape index (κ1) is 10.5. The number of hydrogen-bond donors (Lipinski definition) is 1. The molecule has 0 saturated carbocycles. The van der Waals surface area contributed by atoms with Gasteiger partial charge in [-0.05, 0) is 0 Å². The van der Waals surface area contributed by atoms with Crippen LogP contribution in [0.15, 0.2) is 17.2 Å². The minimum absolute atomic E-state index is 0.221. The van der Waals surface area contributed by atoms with Crippen LogP contribution in [-0.2, 0) is 0 Å². The Hall–Kier alpha value is -1.05. The first-order valence-electron chi connectivity index (χ1n) is 4.58. The van der Waals surface area contributed by atoms with E-state index in [1.54, 1.807) is 0 Å². The molecule has 2 aromatic heterocycles. The van der Waals surface area contributed by atoms with Gasteiger partial charge in [-0.25, -0.2) is 0 Å². The molecule has 0 spiro atoms. The van der Waals surface area contributed by atoms with Crippen LogP contribution < -0.4 is 8.63 Å². The van der Waals surface area contributed by atoms with Gasteiger partial charge in [-0.3, -0.25) is 0 Å². The van der Waals surface area contributed by atoms with Crippen molar-refractivity contribution >= 4 is 24.6 Å². The average molecular weight is 315 g/mol. The third kappa shape index (κ3) is 2.31. The fourth-order valence-corrected chi connectivity index (χ4v) is 3.40. The van der Waals surface area contributed by atoms with Crippen molar-refractivity contribution in [2.75, 3.05) is 0 Å². The summed E-state index contributed by atoms with van der Waals surface area (Å²) in [5, 5.41) is 3.99. The van der Waals surface area contributed by atoms with Gasteiger partial charge < -0.3 is 0 Å². The Morgan fingerprint density at radius 1 is 1.47 bits per heavy atom. The molecule has 0 amide bonds. The SMILES string of the molecule is [CH3][Sn]([CH3])([CH3])[O]c1cc(=O)[nH]c2ncnn12. The van der Waals surface area contributed by atoms with Crippen LogP contribution in [0.5, 0.6) is 5.88 Å². The van der Waals surface area contributed by atoms with Crippen molar-refractivity contribution in [1.82, 2.24) is 19.6 Å². The Morgan fingerprint density at radius 3 is 2.87 bits per heavy atom. The molecular weight excluding hydrogens is 303 g/mol. The van der Waals surface area contributed by atoms with Crippen LogP contribution in [0.1, 0.15) is 0 Å². The molecule has 0 aromatic carbocycles. The number of nitrogens with zero attached hydrogens (tertiary/aromatic N) is 3.